The van der Waals surface area contributed by atoms with Crippen LogP contribution >= 0.6 is 11.3 Å². The zero-order valence-corrected chi connectivity index (χ0v) is 19.7. The average molecular weight is 475 g/mol. The molecule has 0 aromatic carbocycles. The number of hydrogen-bond donors (Lipinski definition) is 0. The molecule has 4 rings (SSSR count). The molecule has 2 aliphatic rings. The number of fused-ring (bicyclic) bond motifs is 1. The second-order valence-electron chi connectivity index (χ2n) is 8.32. The third-order valence-corrected chi connectivity index (χ3v) is 7.14. The van der Waals surface area contributed by atoms with Crippen molar-refractivity contribution in [1.29, 1.82) is 0 Å². The van der Waals surface area contributed by atoms with Crippen molar-refractivity contribution in [2.45, 2.75) is 51.2 Å². The molecular weight excluding hydrogens is 444 g/mol. The van der Waals surface area contributed by atoms with Crippen molar-refractivity contribution < 1.29 is 23.8 Å². The third kappa shape index (κ3) is 5.65. The number of thiophene rings is 1. The first-order valence-corrected chi connectivity index (χ1v) is 12.3. The zero-order valence-electron chi connectivity index (χ0n) is 18.9. The summed E-state index contributed by atoms with van der Waals surface area (Å²) in [6.45, 7) is 2.16. The maximum Gasteiger partial charge on any atom is 0.343 e. The van der Waals surface area contributed by atoms with Gasteiger partial charge in [0.05, 0.1) is 13.2 Å². The van der Waals surface area contributed by atoms with E-state index in [-0.39, 0.29) is 35.5 Å². The summed E-state index contributed by atoms with van der Waals surface area (Å²) in [6, 6.07) is 5.36. The molecule has 1 amide bonds. The molecule has 178 valence electrons. The number of hydrogen-bond acceptors (Lipinski definition) is 7. The number of carbonyl (C=O) groups excluding carboxylic acids is 2. The molecule has 0 spiro atoms. The van der Waals surface area contributed by atoms with Crippen LogP contribution in [0, 0.1) is 0 Å². The Kier molecular flexibility index (Phi) is 7.82. The summed E-state index contributed by atoms with van der Waals surface area (Å²) in [5.74, 6) is -0.268. The van der Waals surface area contributed by atoms with Crippen LogP contribution in [0.1, 0.15) is 46.6 Å². The highest BCUT2D eigenvalue weighted by atomic mass is 32.1. The molecule has 0 unspecified atom stereocenters. The molecule has 1 fully saturated rings. The average Bonchev–Trinajstić information content (AvgIpc) is 3.26. The van der Waals surface area contributed by atoms with Crippen molar-refractivity contribution in [2.24, 2.45) is 0 Å². The molecule has 1 saturated heterocycles. The van der Waals surface area contributed by atoms with Gasteiger partial charge in [0.25, 0.3) is 5.56 Å². The Bertz CT molecular complexity index is 1030. The molecule has 0 radical (unpaired) electrons. The third-order valence-electron chi connectivity index (χ3n) is 6.20. The van der Waals surface area contributed by atoms with E-state index in [0.717, 1.165) is 19.3 Å². The van der Waals surface area contributed by atoms with Crippen LogP contribution in [0.5, 0.6) is 5.75 Å². The highest BCUT2D eigenvalue weighted by Crippen LogP contribution is 2.25. The van der Waals surface area contributed by atoms with E-state index in [1.807, 2.05) is 17.5 Å². The second-order valence-corrected chi connectivity index (χ2v) is 9.35. The number of ether oxygens (including phenoxy) is 3. The van der Waals surface area contributed by atoms with Gasteiger partial charge in [0, 0.05) is 55.7 Å². The van der Waals surface area contributed by atoms with E-state index in [1.165, 1.54) is 18.1 Å². The van der Waals surface area contributed by atoms with Crippen LogP contribution in [-0.4, -0.2) is 60.9 Å². The predicted molar refractivity (Wildman–Crippen MR) is 124 cm³/mol. The van der Waals surface area contributed by atoms with Gasteiger partial charge in [0.1, 0.15) is 17.9 Å². The van der Waals surface area contributed by atoms with E-state index in [0.29, 0.717) is 51.2 Å². The number of carbonyl (C=O) groups is 2. The molecule has 1 atom stereocenters. The Morgan fingerprint density at radius 2 is 2.12 bits per heavy atom. The number of pyridine rings is 1. The fraction of sp³-hybridized carbons (Fsp3) is 0.542. The summed E-state index contributed by atoms with van der Waals surface area (Å²) < 4.78 is 18.2. The smallest absolute Gasteiger partial charge is 0.343 e. The maximum absolute atomic E-state index is 12.9. The molecule has 2 aromatic heterocycles. The fourth-order valence-corrected chi connectivity index (χ4v) is 5.11. The lowest BCUT2D eigenvalue weighted by atomic mass is 10.1. The van der Waals surface area contributed by atoms with E-state index < -0.39 is 5.97 Å². The van der Waals surface area contributed by atoms with Gasteiger partial charge in [0.2, 0.25) is 5.91 Å². The van der Waals surface area contributed by atoms with Crippen LogP contribution in [0.4, 0.5) is 0 Å². The summed E-state index contributed by atoms with van der Waals surface area (Å²) >= 11 is 1.64. The Morgan fingerprint density at radius 3 is 2.85 bits per heavy atom. The van der Waals surface area contributed by atoms with Crippen molar-refractivity contribution >= 4 is 23.2 Å². The normalized spacial score (nSPS) is 18.3. The van der Waals surface area contributed by atoms with Gasteiger partial charge in [-0.1, -0.05) is 6.07 Å². The highest BCUT2D eigenvalue weighted by molar-refractivity contribution is 7.09. The van der Waals surface area contributed by atoms with Crippen LogP contribution in [-0.2, 0) is 33.7 Å². The number of esters is 1. The van der Waals surface area contributed by atoms with E-state index in [4.69, 9.17) is 14.2 Å². The molecule has 2 aliphatic heterocycles. The highest BCUT2D eigenvalue weighted by Gasteiger charge is 2.28. The predicted octanol–water partition coefficient (Wildman–Crippen LogP) is 2.66. The topological polar surface area (TPSA) is 87.1 Å². The van der Waals surface area contributed by atoms with Crippen LogP contribution < -0.4 is 10.3 Å². The van der Waals surface area contributed by atoms with Crippen molar-refractivity contribution in [1.82, 2.24) is 9.47 Å². The van der Waals surface area contributed by atoms with Crippen molar-refractivity contribution in [2.75, 3.05) is 33.4 Å². The van der Waals surface area contributed by atoms with E-state index in [9.17, 15) is 14.4 Å². The van der Waals surface area contributed by atoms with Crippen molar-refractivity contribution in [3.05, 3.63) is 50.1 Å². The number of nitrogens with zero attached hydrogens (tertiary/aromatic N) is 2. The zero-order chi connectivity index (χ0) is 23.2. The molecular formula is C24H30N2O6S. The van der Waals surface area contributed by atoms with E-state index in [1.54, 1.807) is 20.8 Å². The minimum atomic E-state index is -0.546. The van der Waals surface area contributed by atoms with E-state index in [2.05, 4.69) is 0 Å². The van der Waals surface area contributed by atoms with Gasteiger partial charge in [-0.3, -0.25) is 9.59 Å². The first kappa shape index (κ1) is 23.5. The summed E-state index contributed by atoms with van der Waals surface area (Å²) in [5, 5.41) is 2.00. The Labute approximate surface area is 197 Å². The number of amides is 1. The molecule has 8 nitrogen and oxygen atoms in total. The molecule has 0 bridgehead atoms. The lowest BCUT2D eigenvalue weighted by Gasteiger charge is -2.24. The molecule has 0 aliphatic carbocycles. The second kappa shape index (κ2) is 11.0. The number of rotatable bonds is 7. The van der Waals surface area contributed by atoms with Crippen molar-refractivity contribution in [3.63, 3.8) is 0 Å². The molecule has 4 heterocycles. The summed E-state index contributed by atoms with van der Waals surface area (Å²) in [5.41, 5.74) is 0.577. The van der Waals surface area contributed by atoms with Gasteiger partial charge < -0.3 is 23.7 Å². The van der Waals surface area contributed by atoms with Gasteiger partial charge >= 0.3 is 5.97 Å². The van der Waals surface area contributed by atoms with Crippen LogP contribution in [0.15, 0.2) is 28.4 Å². The minimum Gasteiger partial charge on any atom is -0.490 e. The Morgan fingerprint density at radius 1 is 1.24 bits per heavy atom. The minimum absolute atomic E-state index is 0.0507. The van der Waals surface area contributed by atoms with Crippen molar-refractivity contribution in [3.8, 4) is 5.75 Å². The number of aromatic nitrogens is 1. The summed E-state index contributed by atoms with van der Waals surface area (Å²) in [4.78, 5) is 41.4. The van der Waals surface area contributed by atoms with Gasteiger partial charge in [0.15, 0.2) is 0 Å². The van der Waals surface area contributed by atoms with Crippen LogP contribution in [0.25, 0.3) is 0 Å². The lowest BCUT2D eigenvalue weighted by molar-refractivity contribution is -0.131. The van der Waals surface area contributed by atoms with E-state index >= 15 is 0 Å². The van der Waals surface area contributed by atoms with Gasteiger partial charge in [-0.15, -0.1) is 11.3 Å². The number of methoxy groups -OCH3 is 1. The maximum atomic E-state index is 12.9. The monoisotopic (exact) mass is 474 g/mol. The quantitative estimate of drug-likeness (QED) is 0.574. The van der Waals surface area contributed by atoms with Crippen LogP contribution in [0.2, 0.25) is 0 Å². The SMILES string of the molecule is COC(=O)c1c(OC[C@H]2CCCCO2)cc(=O)n2c1CCN(C(=O)CCc1cccs1)CC2. The fourth-order valence-electron chi connectivity index (χ4n) is 4.40. The summed E-state index contributed by atoms with van der Waals surface area (Å²) in [6.07, 6.45) is 4.44. The van der Waals surface area contributed by atoms with Gasteiger partial charge in [-0.2, -0.15) is 0 Å². The Hall–Kier alpha value is -2.65. The first-order valence-electron chi connectivity index (χ1n) is 11.5. The first-order chi connectivity index (χ1) is 16.1. The van der Waals surface area contributed by atoms with Crippen LogP contribution in [0.3, 0.4) is 0 Å². The molecule has 2 aromatic rings. The molecule has 0 saturated carbocycles. The molecule has 9 heteroatoms. The number of aryl methyl sites for hydroxylation is 1. The molecule has 0 N–H and O–H groups in total. The molecule has 33 heavy (non-hydrogen) atoms. The van der Waals surface area contributed by atoms with Gasteiger partial charge in [-0.25, -0.2) is 4.79 Å². The summed E-state index contributed by atoms with van der Waals surface area (Å²) in [7, 11) is 1.32. The Balaban J connectivity index is 1.51. The lowest BCUT2D eigenvalue weighted by Crippen LogP contribution is -2.34. The van der Waals surface area contributed by atoms with Gasteiger partial charge in [-0.05, 0) is 37.1 Å². The largest absolute Gasteiger partial charge is 0.490 e. The standard InChI is InChI=1S/C24H30N2O6S/c1-30-24(29)23-19-9-10-25(21(27)8-7-18-6-4-14-33-18)11-12-26(19)22(28)15-20(23)32-16-17-5-2-3-13-31-17/h4,6,14-15,17H,2-3,5,7-13,16H2,1H3/t17-/m1/s1.